The molecule has 0 saturated heterocycles. The Morgan fingerprint density at radius 3 is 2.38 bits per heavy atom. The van der Waals surface area contributed by atoms with Crippen LogP contribution in [0.4, 0.5) is 0 Å². The van der Waals surface area contributed by atoms with Gasteiger partial charge in [0.05, 0.1) is 6.07 Å². The van der Waals surface area contributed by atoms with E-state index in [1.165, 1.54) is 12.8 Å². The number of nitriles is 1. The fourth-order valence-electron chi connectivity index (χ4n) is 1.77. The monoisotopic (exact) mass is 225 g/mol. The van der Waals surface area contributed by atoms with Crippen molar-refractivity contribution in [3.8, 4) is 6.07 Å². The highest BCUT2D eigenvalue weighted by Gasteiger charge is 2.22. The Bertz CT molecular complexity index is 210. The summed E-state index contributed by atoms with van der Waals surface area (Å²) in [5.74, 6) is 0. The maximum Gasteiger partial charge on any atom is 0.105 e. The summed E-state index contributed by atoms with van der Waals surface area (Å²) in [5.41, 5.74) is -0.367. The Labute approximate surface area is 101 Å². The molecule has 0 saturated carbocycles. The van der Waals surface area contributed by atoms with Gasteiger partial charge in [0.2, 0.25) is 0 Å². The van der Waals surface area contributed by atoms with Gasteiger partial charge in [0.15, 0.2) is 0 Å². The first-order valence-electron chi connectivity index (χ1n) is 6.50. The van der Waals surface area contributed by atoms with Gasteiger partial charge in [-0.25, -0.2) is 0 Å². The molecule has 0 spiro atoms. The number of unbranched alkanes of at least 4 members (excludes halogenated alkanes) is 1. The molecule has 1 atom stereocenters. The van der Waals surface area contributed by atoms with Crippen LogP contribution in [0.3, 0.4) is 0 Å². The maximum atomic E-state index is 9.15. The molecule has 3 nitrogen and oxygen atoms in total. The molecule has 0 aromatic heterocycles. The van der Waals surface area contributed by atoms with Gasteiger partial charge >= 0.3 is 0 Å². The summed E-state index contributed by atoms with van der Waals surface area (Å²) in [6.45, 7) is 12.5. The molecule has 0 heterocycles. The minimum Gasteiger partial charge on any atom is -0.304 e. The fraction of sp³-hybridized carbons (Fsp3) is 0.923. The second-order valence-electron chi connectivity index (χ2n) is 4.51. The first-order valence-corrected chi connectivity index (χ1v) is 6.50. The van der Waals surface area contributed by atoms with Crippen LogP contribution in [0, 0.1) is 11.3 Å². The summed E-state index contributed by atoms with van der Waals surface area (Å²) in [6, 6.07) is 2.38. The molecule has 0 fully saturated rings. The standard InChI is InChI=1S/C13H27N3/c1-5-8-10-16(7-3)11-9-13(4,12-14)15-6-2/h15H,5-11H2,1-4H3. The largest absolute Gasteiger partial charge is 0.304 e. The molecule has 1 N–H and O–H groups in total. The van der Waals surface area contributed by atoms with Crippen LogP contribution >= 0.6 is 0 Å². The summed E-state index contributed by atoms with van der Waals surface area (Å²) in [5, 5.41) is 12.4. The van der Waals surface area contributed by atoms with E-state index in [0.717, 1.165) is 32.6 Å². The Hall–Kier alpha value is -0.590. The zero-order valence-electron chi connectivity index (χ0n) is 11.3. The highest BCUT2D eigenvalue weighted by Crippen LogP contribution is 2.09. The van der Waals surface area contributed by atoms with Crippen LogP contribution in [0.5, 0.6) is 0 Å². The van der Waals surface area contributed by atoms with E-state index in [1.54, 1.807) is 0 Å². The van der Waals surface area contributed by atoms with Crippen molar-refractivity contribution in [2.75, 3.05) is 26.2 Å². The molecular weight excluding hydrogens is 198 g/mol. The van der Waals surface area contributed by atoms with Crippen LogP contribution in [-0.4, -0.2) is 36.6 Å². The molecule has 0 aromatic carbocycles. The van der Waals surface area contributed by atoms with Crippen molar-refractivity contribution < 1.29 is 0 Å². The van der Waals surface area contributed by atoms with Gasteiger partial charge in [0, 0.05) is 6.54 Å². The van der Waals surface area contributed by atoms with E-state index in [1.807, 2.05) is 13.8 Å². The van der Waals surface area contributed by atoms with Gasteiger partial charge in [0.25, 0.3) is 0 Å². The molecule has 1 unspecified atom stereocenters. The highest BCUT2D eigenvalue weighted by molar-refractivity contribution is 5.03. The highest BCUT2D eigenvalue weighted by atomic mass is 15.1. The molecule has 0 rings (SSSR count). The number of nitrogens with one attached hydrogen (secondary N) is 1. The van der Waals surface area contributed by atoms with Gasteiger partial charge in [-0.1, -0.05) is 27.2 Å². The predicted molar refractivity (Wildman–Crippen MR) is 69.3 cm³/mol. The Morgan fingerprint density at radius 1 is 1.25 bits per heavy atom. The molecule has 0 aliphatic carbocycles. The van der Waals surface area contributed by atoms with Crippen LogP contribution in [0.2, 0.25) is 0 Å². The topological polar surface area (TPSA) is 39.1 Å². The van der Waals surface area contributed by atoms with E-state index < -0.39 is 0 Å². The zero-order chi connectivity index (χ0) is 12.4. The molecular formula is C13H27N3. The maximum absolute atomic E-state index is 9.15. The second kappa shape index (κ2) is 8.55. The van der Waals surface area contributed by atoms with Crippen molar-refractivity contribution in [2.24, 2.45) is 0 Å². The first kappa shape index (κ1) is 15.4. The zero-order valence-corrected chi connectivity index (χ0v) is 11.3. The van der Waals surface area contributed by atoms with E-state index in [0.29, 0.717) is 0 Å². The fourth-order valence-corrected chi connectivity index (χ4v) is 1.77. The van der Waals surface area contributed by atoms with E-state index in [-0.39, 0.29) is 5.54 Å². The molecule has 94 valence electrons. The number of nitrogens with zero attached hydrogens (tertiary/aromatic N) is 2. The van der Waals surface area contributed by atoms with Crippen molar-refractivity contribution in [3.63, 3.8) is 0 Å². The average Bonchev–Trinajstić information content (AvgIpc) is 2.30. The van der Waals surface area contributed by atoms with Gasteiger partial charge in [-0.2, -0.15) is 5.26 Å². The van der Waals surface area contributed by atoms with Gasteiger partial charge in [0.1, 0.15) is 5.54 Å². The van der Waals surface area contributed by atoms with Crippen molar-refractivity contribution in [1.82, 2.24) is 10.2 Å². The molecule has 3 heteroatoms. The lowest BCUT2D eigenvalue weighted by Gasteiger charge is -2.27. The number of hydrogen-bond donors (Lipinski definition) is 1. The van der Waals surface area contributed by atoms with Crippen LogP contribution in [-0.2, 0) is 0 Å². The van der Waals surface area contributed by atoms with E-state index in [9.17, 15) is 0 Å². The van der Waals surface area contributed by atoms with E-state index in [2.05, 4.69) is 30.1 Å². The molecule has 16 heavy (non-hydrogen) atoms. The molecule has 0 radical (unpaired) electrons. The average molecular weight is 225 g/mol. The first-order chi connectivity index (χ1) is 7.61. The Balaban J connectivity index is 4.02. The van der Waals surface area contributed by atoms with Crippen molar-refractivity contribution >= 4 is 0 Å². The van der Waals surface area contributed by atoms with Gasteiger partial charge < -0.3 is 4.90 Å². The second-order valence-corrected chi connectivity index (χ2v) is 4.51. The molecule has 0 bridgehead atoms. The molecule has 0 aliphatic rings. The van der Waals surface area contributed by atoms with E-state index >= 15 is 0 Å². The third-order valence-electron chi connectivity index (χ3n) is 3.02. The lowest BCUT2D eigenvalue weighted by atomic mass is 9.99. The summed E-state index contributed by atoms with van der Waals surface area (Å²) in [4.78, 5) is 2.43. The molecule has 0 aromatic rings. The van der Waals surface area contributed by atoms with Crippen molar-refractivity contribution in [1.29, 1.82) is 5.26 Å². The normalized spacial score (nSPS) is 14.8. The summed E-state index contributed by atoms with van der Waals surface area (Å²) in [6.07, 6.45) is 3.38. The number of rotatable bonds is 9. The number of hydrogen-bond acceptors (Lipinski definition) is 3. The van der Waals surface area contributed by atoms with Crippen LogP contribution in [0.1, 0.15) is 47.0 Å². The van der Waals surface area contributed by atoms with Crippen molar-refractivity contribution in [2.45, 2.75) is 52.5 Å². The Morgan fingerprint density at radius 2 is 1.94 bits per heavy atom. The van der Waals surface area contributed by atoms with Crippen molar-refractivity contribution in [3.05, 3.63) is 0 Å². The van der Waals surface area contributed by atoms with Crippen LogP contribution < -0.4 is 5.32 Å². The van der Waals surface area contributed by atoms with E-state index in [4.69, 9.17) is 5.26 Å². The summed E-state index contributed by atoms with van der Waals surface area (Å²) in [7, 11) is 0. The predicted octanol–water partition coefficient (Wildman–Crippen LogP) is 2.39. The van der Waals surface area contributed by atoms with Gasteiger partial charge in [-0.05, 0) is 39.4 Å². The van der Waals surface area contributed by atoms with Crippen LogP contribution in [0.25, 0.3) is 0 Å². The minimum atomic E-state index is -0.367. The summed E-state index contributed by atoms with van der Waals surface area (Å²) < 4.78 is 0. The lowest BCUT2D eigenvalue weighted by molar-refractivity contribution is 0.253. The lowest BCUT2D eigenvalue weighted by Crippen LogP contribution is -2.43. The molecule has 0 aliphatic heterocycles. The minimum absolute atomic E-state index is 0.367. The third-order valence-corrected chi connectivity index (χ3v) is 3.02. The SMILES string of the molecule is CCCCN(CC)CCC(C)(C#N)NCC. The quantitative estimate of drug-likeness (QED) is 0.655. The van der Waals surface area contributed by atoms with Crippen LogP contribution in [0.15, 0.2) is 0 Å². The Kier molecular flexibility index (Phi) is 8.23. The third kappa shape index (κ3) is 6.09. The molecule has 0 amide bonds. The van der Waals surface area contributed by atoms with Gasteiger partial charge in [-0.15, -0.1) is 0 Å². The smallest absolute Gasteiger partial charge is 0.105 e. The summed E-state index contributed by atoms with van der Waals surface area (Å²) >= 11 is 0. The van der Waals surface area contributed by atoms with Gasteiger partial charge in [-0.3, -0.25) is 5.32 Å².